The molecular weight excluding hydrogens is 428 g/mol. The molecule has 0 saturated heterocycles. The quantitative estimate of drug-likeness (QED) is 0.576. The zero-order chi connectivity index (χ0) is 18.1. The van der Waals surface area contributed by atoms with E-state index in [9.17, 15) is 9.59 Å². The fraction of sp³-hybridized carbons (Fsp3) is 0.294. The molecule has 0 aliphatic rings. The second-order valence-electron chi connectivity index (χ2n) is 5.11. The molecule has 0 radical (unpaired) electrons. The van der Waals surface area contributed by atoms with Gasteiger partial charge in [0.15, 0.2) is 0 Å². The predicted octanol–water partition coefficient (Wildman–Crippen LogP) is 3.87. The normalized spacial score (nSPS) is 10.3. The molecule has 134 valence electrons. The molecule has 2 amide bonds. The van der Waals surface area contributed by atoms with Gasteiger partial charge in [-0.15, -0.1) is 11.3 Å². The van der Waals surface area contributed by atoms with E-state index in [1.165, 1.54) is 11.3 Å². The summed E-state index contributed by atoms with van der Waals surface area (Å²) in [4.78, 5) is 24.1. The molecule has 25 heavy (non-hydrogen) atoms. The van der Waals surface area contributed by atoms with E-state index in [-0.39, 0.29) is 11.8 Å². The number of amides is 2. The Labute approximate surface area is 163 Å². The van der Waals surface area contributed by atoms with E-state index in [1.807, 2.05) is 17.5 Å². The lowest BCUT2D eigenvalue weighted by Crippen LogP contribution is -2.34. The highest BCUT2D eigenvalue weighted by Crippen LogP contribution is 2.27. The summed E-state index contributed by atoms with van der Waals surface area (Å²) in [5, 5.41) is 7.89. The second-order valence-corrected chi connectivity index (χ2v) is 7.38. The van der Waals surface area contributed by atoms with Crippen LogP contribution in [0.5, 0.6) is 5.75 Å². The first kappa shape index (κ1) is 19.8. The monoisotopic (exact) mass is 444 g/mol. The van der Waals surface area contributed by atoms with Crippen molar-refractivity contribution in [3.05, 3.63) is 50.1 Å². The molecule has 1 heterocycles. The molecule has 0 fully saturated rings. The van der Waals surface area contributed by atoms with Crippen LogP contribution in [0.1, 0.15) is 22.5 Å². The Hall–Kier alpha value is -1.57. The van der Waals surface area contributed by atoms with Crippen LogP contribution in [0.4, 0.5) is 0 Å². The van der Waals surface area contributed by atoms with E-state index in [0.717, 1.165) is 4.47 Å². The fourth-order valence-corrected chi connectivity index (χ4v) is 3.34. The number of hydrogen-bond donors (Lipinski definition) is 2. The van der Waals surface area contributed by atoms with E-state index in [2.05, 4.69) is 26.6 Å². The van der Waals surface area contributed by atoms with Crippen molar-refractivity contribution in [1.29, 1.82) is 0 Å². The van der Waals surface area contributed by atoms with Crippen molar-refractivity contribution in [2.45, 2.75) is 12.8 Å². The smallest absolute Gasteiger partial charge is 0.261 e. The first-order chi connectivity index (χ1) is 12.1. The van der Waals surface area contributed by atoms with Crippen LogP contribution in [0, 0.1) is 0 Å². The lowest BCUT2D eigenvalue weighted by Gasteiger charge is -2.09. The van der Waals surface area contributed by atoms with Crippen molar-refractivity contribution in [2.75, 3.05) is 19.7 Å². The van der Waals surface area contributed by atoms with Gasteiger partial charge in [0, 0.05) is 24.0 Å². The number of hydrogen-bond acceptors (Lipinski definition) is 4. The molecule has 0 saturated carbocycles. The molecule has 5 nitrogen and oxygen atoms in total. The Morgan fingerprint density at radius 3 is 2.72 bits per heavy atom. The van der Waals surface area contributed by atoms with E-state index in [0.29, 0.717) is 48.2 Å². The highest BCUT2D eigenvalue weighted by molar-refractivity contribution is 9.10. The molecule has 0 bridgehead atoms. The number of halogens is 2. The van der Waals surface area contributed by atoms with Crippen LogP contribution in [-0.2, 0) is 4.79 Å². The van der Waals surface area contributed by atoms with Gasteiger partial charge in [-0.3, -0.25) is 9.59 Å². The summed E-state index contributed by atoms with van der Waals surface area (Å²) in [5.41, 5.74) is 0. The third-order valence-electron chi connectivity index (χ3n) is 3.18. The molecule has 0 unspecified atom stereocenters. The zero-order valence-corrected chi connectivity index (χ0v) is 16.5. The SMILES string of the molecule is O=C(CCCOc1ccc(Br)cc1Cl)NCCNC(=O)c1cccs1. The van der Waals surface area contributed by atoms with Gasteiger partial charge >= 0.3 is 0 Å². The van der Waals surface area contributed by atoms with Crippen molar-refractivity contribution in [2.24, 2.45) is 0 Å². The Morgan fingerprint density at radius 2 is 2.00 bits per heavy atom. The third-order valence-corrected chi connectivity index (χ3v) is 4.83. The molecule has 1 aromatic heterocycles. The Kier molecular flexibility index (Phi) is 8.24. The Bertz CT molecular complexity index is 710. The molecule has 0 aliphatic heterocycles. The van der Waals surface area contributed by atoms with E-state index in [4.69, 9.17) is 16.3 Å². The molecular formula is C17H18BrClN2O3S. The van der Waals surface area contributed by atoms with Gasteiger partial charge in [0.2, 0.25) is 5.91 Å². The Morgan fingerprint density at radius 1 is 1.20 bits per heavy atom. The minimum atomic E-state index is -0.121. The van der Waals surface area contributed by atoms with Crippen LogP contribution in [0.25, 0.3) is 0 Å². The predicted molar refractivity (Wildman–Crippen MR) is 104 cm³/mol. The van der Waals surface area contributed by atoms with Crippen molar-refractivity contribution >= 4 is 50.7 Å². The lowest BCUT2D eigenvalue weighted by molar-refractivity contribution is -0.121. The average Bonchev–Trinajstić information content (AvgIpc) is 3.11. The third kappa shape index (κ3) is 7.05. The first-order valence-corrected chi connectivity index (χ1v) is 9.77. The minimum Gasteiger partial charge on any atom is -0.492 e. The van der Waals surface area contributed by atoms with Gasteiger partial charge in [-0.2, -0.15) is 0 Å². The summed E-state index contributed by atoms with van der Waals surface area (Å²) in [5.74, 6) is 0.404. The van der Waals surface area contributed by atoms with Crippen LogP contribution >= 0.6 is 38.9 Å². The van der Waals surface area contributed by atoms with Gasteiger partial charge < -0.3 is 15.4 Å². The topological polar surface area (TPSA) is 67.4 Å². The van der Waals surface area contributed by atoms with Gasteiger partial charge in [0.25, 0.3) is 5.91 Å². The van der Waals surface area contributed by atoms with Gasteiger partial charge in [-0.05, 0) is 36.1 Å². The molecule has 0 spiro atoms. The summed E-state index contributed by atoms with van der Waals surface area (Å²) in [7, 11) is 0. The number of thiophene rings is 1. The van der Waals surface area contributed by atoms with Crippen LogP contribution in [0.2, 0.25) is 5.02 Å². The van der Waals surface area contributed by atoms with Crippen molar-refractivity contribution in [3.8, 4) is 5.75 Å². The average molecular weight is 446 g/mol. The summed E-state index contributed by atoms with van der Waals surface area (Å²) in [6.07, 6.45) is 0.937. The van der Waals surface area contributed by atoms with Gasteiger partial charge in [-0.25, -0.2) is 0 Å². The molecule has 0 atom stereocenters. The van der Waals surface area contributed by atoms with E-state index >= 15 is 0 Å². The van der Waals surface area contributed by atoms with Crippen LogP contribution in [0.15, 0.2) is 40.2 Å². The van der Waals surface area contributed by atoms with Gasteiger partial charge in [-0.1, -0.05) is 33.6 Å². The maximum atomic E-state index is 11.7. The maximum Gasteiger partial charge on any atom is 0.261 e. The lowest BCUT2D eigenvalue weighted by atomic mass is 10.3. The maximum absolute atomic E-state index is 11.7. The first-order valence-electron chi connectivity index (χ1n) is 7.72. The molecule has 2 rings (SSSR count). The molecule has 2 aromatic rings. The number of rotatable bonds is 9. The fourth-order valence-electron chi connectivity index (χ4n) is 1.97. The van der Waals surface area contributed by atoms with Crippen molar-refractivity contribution in [1.82, 2.24) is 10.6 Å². The van der Waals surface area contributed by atoms with Crippen LogP contribution < -0.4 is 15.4 Å². The van der Waals surface area contributed by atoms with E-state index in [1.54, 1.807) is 18.2 Å². The second kappa shape index (κ2) is 10.4. The van der Waals surface area contributed by atoms with Gasteiger partial charge in [0.1, 0.15) is 5.75 Å². The summed E-state index contributed by atoms with van der Waals surface area (Å²) in [6, 6.07) is 8.97. The molecule has 1 aromatic carbocycles. The highest BCUT2D eigenvalue weighted by atomic mass is 79.9. The number of nitrogens with one attached hydrogen (secondary N) is 2. The molecule has 0 aliphatic carbocycles. The molecule has 8 heteroatoms. The largest absolute Gasteiger partial charge is 0.492 e. The Balaban J connectivity index is 1.54. The number of benzene rings is 1. The number of carbonyl (C=O) groups is 2. The highest BCUT2D eigenvalue weighted by Gasteiger charge is 2.06. The summed E-state index contributed by atoms with van der Waals surface area (Å²) < 4.78 is 6.44. The molecule has 2 N–H and O–H groups in total. The van der Waals surface area contributed by atoms with Crippen LogP contribution in [-0.4, -0.2) is 31.5 Å². The number of ether oxygens (including phenoxy) is 1. The minimum absolute atomic E-state index is 0.0733. The van der Waals surface area contributed by atoms with Gasteiger partial charge in [0.05, 0.1) is 16.5 Å². The zero-order valence-electron chi connectivity index (χ0n) is 13.4. The van der Waals surface area contributed by atoms with E-state index < -0.39 is 0 Å². The van der Waals surface area contributed by atoms with Crippen LogP contribution in [0.3, 0.4) is 0 Å². The number of carbonyl (C=O) groups excluding carboxylic acids is 2. The van der Waals surface area contributed by atoms with Crippen molar-refractivity contribution < 1.29 is 14.3 Å². The van der Waals surface area contributed by atoms with Crippen molar-refractivity contribution in [3.63, 3.8) is 0 Å². The standard InChI is InChI=1S/C17H18BrClN2O3S/c18-12-5-6-14(13(19)11-12)24-9-1-4-16(22)20-7-8-21-17(23)15-3-2-10-25-15/h2-3,5-6,10-11H,1,4,7-9H2,(H,20,22)(H,21,23). The summed E-state index contributed by atoms with van der Waals surface area (Å²) in [6.45, 7) is 1.20. The summed E-state index contributed by atoms with van der Waals surface area (Å²) >= 11 is 10.8.